The number of fused-ring (bicyclic) bond motifs is 2. The van der Waals surface area contributed by atoms with Crippen molar-refractivity contribution in [2.24, 2.45) is 11.8 Å². The number of imidazole rings is 1. The summed E-state index contributed by atoms with van der Waals surface area (Å²) < 4.78 is 15.9. The van der Waals surface area contributed by atoms with Crippen LogP contribution in [0.2, 0.25) is 0 Å². The number of aromatic nitrogens is 2. The highest BCUT2D eigenvalue weighted by Gasteiger charge is 2.40. The van der Waals surface area contributed by atoms with Crippen LogP contribution in [-0.2, 0) is 0 Å². The van der Waals surface area contributed by atoms with Crippen LogP contribution >= 0.6 is 0 Å². The number of halogens is 1. The summed E-state index contributed by atoms with van der Waals surface area (Å²) in [6.45, 7) is 1.81. The first kappa shape index (κ1) is 13.7. The molecule has 2 heterocycles. The second kappa shape index (κ2) is 5.07. The lowest BCUT2D eigenvalue weighted by Gasteiger charge is -2.19. The molecule has 0 aliphatic heterocycles. The molecule has 1 N–H and O–H groups in total. The molecule has 2 aliphatic rings. The van der Waals surface area contributed by atoms with Crippen LogP contribution in [0.5, 0.6) is 0 Å². The number of hydrogen-bond donors (Lipinski definition) is 1. The number of nitrogens with one attached hydrogen (secondary N) is 1. The third-order valence-electron chi connectivity index (χ3n) is 5.40. The molecule has 0 aromatic carbocycles. The van der Waals surface area contributed by atoms with Crippen molar-refractivity contribution in [1.82, 2.24) is 14.7 Å². The zero-order valence-corrected chi connectivity index (χ0v) is 12.7. The van der Waals surface area contributed by atoms with Crippen LogP contribution in [-0.4, -0.2) is 21.3 Å². The maximum atomic E-state index is 14.5. The second-order valence-electron chi connectivity index (χ2n) is 6.62. The van der Waals surface area contributed by atoms with Crippen LogP contribution in [0, 0.1) is 24.7 Å². The molecule has 5 heteroatoms. The third-order valence-corrected chi connectivity index (χ3v) is 5.40. The van der Waals surface area contributed by atoms with E-state index in [1.54, 1.807) is 19.1 Å². The largest absolute Gasteiger partial charge is 0.348 e. The first-order chi connectivity index (χ1) is 10.6. The van der Waals surface area contributed by atoms with Crippen molar-refractivity contribution in [3.63, 3.8) is 0 Å². The van der Waals surface area contributed by atoms with Crippen LogP contribution in [0.15, 0.2) is 18.2 Å². The number of nitrogens with zero attached hydrogens (tertiary/aromatic N) is 2. The van der Waals surface area contributed by atoms with Gasteiger partial charge >= 0.3 is 0 Å². The molecule has 4 nitrogen and oxygen atoms in total. The van der Waals surface area contributed by atoms with E-state index < -0.39 is 5.95 Å². The van der Waals surface area contributed by atoms with Crippen molar-refractivity contribution >= 4 is 11.6 Å². The van der Waals surface area contributed by atoms with Crippen LogP contribution < -0.4 is 5.32 Å². The standard InChI is InChI=1S/C17H20FN3O/c1-10-4-2-7-14-20-15(16(18)21(10)14)17(22)19-13-9-8-11-5-3-6-12(11)13/h2,4,7,11-13H,3,5-6,8-9H2,1H3,(H,19,22)/t11-,12-,13-/m1/s1. The van der Waals surface area contributed by atoms with E-state index in [1.165, 1.54) is 30.1 Å². The molecule has 0 radical (unpaired) electrons. The van der Waals surface area contributed by atoms with Gasteiger partial charge in [0.05, 0.1) is 0 Å². The second-order valence-corrected chi connectivity index (χ2v) is 6.62. The zero-order chi connectivity index (χ0) is 15.3. The Bertz CT molecular complexity index is 739. The van der Waals surface area contributed by atoms with Gasteiger partial charge in [-0.15, -0.1) is 0 Å². The summed E-state index contributed by atoms with van der Waals surface area (Å²) in [4.78, 5) is 16.6. The molecule has 0 saturated heterocycles. The van der Waals surface area contributed by atoms with E-state index in [1.807, 2.05) is 6.07 Å². The van der Waals surface area contributed by atoms with Gasteiger partial charge in [-0.25, -0.2) is 4.98 Å². The van der Waals surface area contributed by atoms with Gasteiger partial charge in [0.1, 0.15) is 5.65 Å². The van der Waals surface area contributed by atoms with Gasteiger partial charge in [-0.05, 0) is 50.2 Å². The Kier molecular flexibility index (Phi) is 3.17. The van der Waals surface area contributed by atoms with E-state index in [-0.39, 0.29) is 17.6 Å². The maximum Gasteiger partial charge on any atom is 0.274 e. The Morgan fingerprint density at radius 3 is 3.00 bits per heavy atom. The van der Waals surface area contributed by atoms with Gasteiger partial charge in [0.2, 0.25) is 5.95 Å². The highest BCUT2D eigenvalue weighted by Crippen LogP contribution is 2.44. The Hall–Kier alpha value is -1.91. The molecule has 2 aliphatic carbocycles. The molecular formula is C17H20FN3O. The van der Waals surface area contributed by atoms with E-state index in [4.69, 9.17) is 0 Å². The van der Waals surface area contributed by atoms with Gasteiger partial charge < -0.3 is 5.32 Å². The van der Waals surface area contributed by atoms with E-state index in [2.05, 4.69) is 10.3 Å². The zero-order valence-electron chi connectivity index (χ0n) is 12.7. The fraction of sp³-hybridized carbons (Fsp3) is 0.529. The highest BCUT2D eigenvalue weighted by molar-refractivity contribution is 5.93. The fourth-order valence-electron chi connectivity index (χ4n) is 4.33. The molecular weight excluding hydrogens is 281 g/mol. The fourth-order valence-corrected chi connectivity index (χ4v) is 4.33. The van der Waals surface area contributed by atoms with Gasteiger partial charge in [0.15, 0.2) is 5.69 Å². The average molecular weight is 301 g/mol. The van der Waals surface area contributed by atoms with Crippen molar-refractivity contribution < 1.29 is 9.18 Å². The van der Waals surface area contributed by atoms with E-state index in [9.17, 15) is 9.18 Å². The SMILES string of the molecule is Cc1cccc2nc(C(=O)N[C@@H]3CC[C@H]4CCC[C@H]43)c(F)n12. The number of aryl methyl sites for hydroxylation is 1. The molecule has 116 valence electrons. The number of hydrogen-bond acceptors (Lipinski definition) is 2. The molecule has 2 fully saturated rings. The summed E-state index contributed by atoms with van der Waals surface area (Å²) in [6, 6.07) is 5.53. The van der Waals surface area contributed by atoms with Gasteiger partial charge in [-0.2, -0.15) is 4.39 Å². The minimum Gasteiger partial charge on any atom is -0.348 e. The summed E-state index contributed by atoms with van der Waals surface area (Å²) >= 11 is 0. The number of rotatable bonds is 2. The van der Waals surface area contributed by atoms with Crippen LogP contribution in [0.1, 0.15) is 48.3 Å². The molecule has 22 heavy (non-hydrogen) atoms. The minimum absolute atomic E-state index is 0.0873. The normalized spacial score (nSPS) is 27.3. The first-order valence-electron chi connectivity index (χ1n) is 8.09. The molecule has 1 amide bonds. The number of carbonyl (C=O) groups excluding carboxylic acids is 1. The monoisotopic (exact) mass is 301 g/mol. The summed E-state index contributed by atoms with van der Waals surface area (Å²) in [6.07, 6.45) is 5.91. The first-order valence-corrected chi connectivity index (χ1v) is 8.09. The number of amides is 1. The smallest absolute Gasteiger partial charge is 0.274 e. The predicted molar refractivity (Wildman–Crippen MR) is 81.2 cm³/mol. The van der Waals surface area contributed by atoms with E-state index in [0.29, 0.717) is 11.6 Å². The highest BCUT2D eigenvalue weighted by atomic mass is 19.1. The maximum absolute atomic E-state index is 14.5. The Morgan fingerprint density at radius 1 is 1.32 bits per heavy atom. The molecule has 2 aromatic heterocycles. The Labute approximate surface area is 128 Å². The lowest BCUT2D eigenvalue weighted by Crippen LogP contribution is -2.38. The average Bonchev–Trinajstić information content (AvgIpc) is 3.16. The molecule has 2 aromatic rings. The molecule has 2 saturated carbocycles. The van der Waals surface area contributed by atoms with Crippen molar-refractivity contribution in [2.45, 2.75) is 45.1 Å². The quantitative estimate of drug-likeness (QED) is 0.926. The van der Waals surface area contributed by atoms with Crippen molar-refractivity contribution in [2.75, 3.05) is 0 Å². The minimum atomic E-state index is -0.563. The van der Waals surface area contributed by atoms with E-state index in [0.717, 1.165) is 18.0 Å². The van der Waals surface area contributed by atoms with Crippen LogP contribution in [0.25, 0.3) is 5.65 Å². The molecule has 3 atom stereocenters. The van der Waals surface area contributed by atoms with E-state index >= 15 is 0 Å². The van der Waals surface area contributed by atoms with Crippen LogP contribution in [0.4, 0.5) is 4.39 Å². The third kappa shape index (κ3) is 2.02. The summed E-state index contributed by atoms with van der Waals surface area (Å²) in [5.74, 6) is 0.383. The summed E-state index contributed by atoms with van der Waals surface area (Å²) in [5.41, 5.74) is 1.13. The van der Waals surface area contributed by atoms with Crippen molar-refractivity contribution in [1.29, 1.82) is 0 Å². The van der Waals surface area contributed by atoms with Crippen LogP contribution in [0.3, 0.4) is 0 Å². The summed E-state index contributed by atoms with van der Waals surface area (Å²) in [7, 11) is 0. The summed E-state index contributed by atoms with van der Waals surface area (Å²) in [5, 5.41) is 3.03. The van der Waals surface area contributed by atoms with Crippen molar-refractivity contribution in [3.8, 4) is 0 Å². The Balaban J connectivity index is 1.61. The topological polar surface area (TPSA) is 46.4 Å². The molecule has 0 bridgehead atoms. The molecule has 0 spiro atoms. The van der Waals surface area contributed by atoms with Gasteiger partial charge in [0, 0.05) is 11.7 Å². The van der Waals surface area contributed by atoms with Crippen molar-refractivity contribution in [3.05, 3.63) is 35.5 Å². The van der Waals surface area contributed by atoms with Gasteiger partial charge in [-0.3, -0.25) is 9.20 Å². The lowest BCUT2D eigenvalue weighted by atomic mass is 9.97. The predicted octanol–water partition coefficient (Wildman–Crippen LogP) is 3.09. The number of carbonyl (C=O) groups is 1. The van der Waals surface area contributed by atoms with Gasteiger partial charge in [0.25, 0.3) is 5.91 Å². The van der Waals surface area contributed by atoms with Gasteiger partial charge in [-0.1, -0.05) is 18.9 Å². The Morgan fingerprint density at radius 2 is 2.18 bits per heavy atom. The molecule has 0 unspecified atom stereocenters. The number of pyridine rings is 1. The molecule has 4 rings (SSSR count). The lowest BCUT2D eigenvalue weighted by molar-refractivity contribution is 0.0917.